The van der Waals surface area contributed by atoms with Crippen molar-refractivity contribution < 1.29 is 15.0 Å². The number of carbonyl (C=O) groups is 1. The fourth-order valence-corrected chi connectivity index (χ4v) is 4.97. The number of likely N-dealkylation sites (tertiary alicyclic amines) is 1. The van der Waals surface area contributed by atoms with Crippen LogP contribution in [0, 0.1) is 0 Å². The average Bonchev–Trinajstić information content (AvgIpc) is 3.17. The molecule has 2 aliphatic rings. The summed E-state index contributed by atoms with van der Waals surface area (Å²) >= 11 is 12.0. The molecule has 4 N–H and O–H groups in total. The molecule has 0 saturated carbocycles. The first-order chi connectivity index (χ1) is 15.8. The Labute approximate surface area is 204 Å². The number of phenols is 1. The highest BCUT2D eigenvalue weighted by molar-refractivity contribution is 6.32. The molecular formula is C24H30Cl2N4O3. The highest BCUT2D eigenvalue weighted by Gasteiger charge is 2.35. The number of amides is 1. The predicted molar refractivity (Wildman–Crippen MR) is 131 cm³/mol. The molecule has 4 rings (SSSR count). The molecule has 1 unspecified atom stereocenters. The largest absolute Gasteiger partial charge is 0.506 e. The Morgan fingerprint density at radius 3 is 2.48 bits per heavy atom. The van der Waals surface area contributed by atoms with E-state index in [1.165, 1.54) is 17.7 Å². The zero-order valence-corrected chi connectivity index (χ0v) is 20.1. The minimum absolute atomic E-state index is 0.0849. The summed E-state index contributed by atoms with van der Waals surface area (Å²) in [4.78, 5) is 16.7. The van der Waals surface area contributed by atoms with E-state index >= 15 is 0 Å². The molecule has 0 spiro atoms. The van der Waals surface area contributed by atoms with E-state index < -0.39 is 6.10 Å². The fourth-order valence-electron chi connectivity index (χ4n) is 4.68. The Bertz CT molecular complexity index is 980. The molecule has 2 atom stereocenters. The lowest BCUT2D eigenvalue weighted by molar-refractivity contribution is 0.0963. The van der Waals surface area contributed by atoms with Gasteiger partial charge in [0, 0.05) is 43.8 Å². The molecule has 1 amide bonds. The SMILES string of the molecule is CNC(=O)c1cc(Cl)c(O)cc1N1CC(NC2CCN(Cc3ccc(Cl)cc3)CC2)[C@H](O)C1. The molecule has 178 valence electrons. The zero-order valence-electron chi connectivity index (χ0n) is 18.6. The van der Waals surface area contributed by atoms with Gasteiger partial charge < -0.3 is 25.7 Å². The summed E-state index contributed by atoms with van der Waals surface area (Å²) in [5, 5.41) is 27.9. The number of halogens is 2. The summed E-state index contributed by atoms with van der Waals surface area (Å²) in [5.74, 6) is -0.371. The van der Waals surface area contributed by atoms with Crippen LogP contribution in [0.1, 0.15) is 28.8 Å². The van der Waals surface area contributed by atoms with Crippen molar-refractivity contribution in [3.8, 4) is 5.75 Å². The number of nitrogens with one attached hydrogen (secondary N) is 2. The molecule has 2 aromatic carbocycles. The van der Waals surface area contributed by atoms with Crippen molar-refractivity contribution in [2.75, 3.05) is 38.1 Å². The molecule has 2 aliphatic heterocycles. The van der Waals surface area contributed by atoms with Crippen LogP contribution in [0.25, 0.3) is 0 Å². The van der Waals surface area contributed by atoms with E-state index in [4.69, 9.17) is 23.2 Å². The van der Waals surface area contributed by atoms with E-state index in [9.17, 15) is 15.0 Å². The number of piperidine rings is 1. The zero-order chi connectivity index (χ0) is 23.5. The van der Waals surface area contributed by atoms with Gasteiger partial charge in [-0.15, -0.1) is 0 Å². The topological polar surface area (TPSA) is 88.1 Å². The summed E-state index contributed by atoms with van der Waals surface area (Å²) < 4.78 is 0. The van der Waals surface area contributed by atoms with Gasteiger partial charge in [-0.2, -0.15) is 0 Å². The van der Waals surface area contributed by atoms with Gasteiger partial charge in [0.15, 0.2) is 0 Å². The average molecular weight is 493 g/mol. The number of aliphatic hydroxyl groups excluding tert-OH is 1. The van der Waals surface area contributed by atoms with Crippen LogP contribution in [0.15, 0.2) is 36.4 Å². The normalized spacial score (nSPS) is 22.0. The minimum atomic E-state index is -0.576. The summed E-state index contributed by atoms with van der Waals surface area (Å²) in [6.07, 6.45) is 1.43. The second kappa shape index (κ2) is 10.5. The molecule has 2 heterocycles. The van der Waals surface area contributed by atoms with Gasteiger partial charge in [0.05, 0.1) is 28.4 Å². The van der Waals surface area contributed by atoms with E-state index in [-0.39, 0.29) is 22.7 Å². The van der Waals surface area contributed by atoms with Gasteiger partial charge in [0.1, 0.15) is 5.75 Å². The number of carbonyl (C=O) groups excluding carboxylic acids is 1. The molecule has 2 saturated heterocycles. The molecule has 2 aromatic rings. The number of nitrogens with zero attached hydrogens (tertiary/aromatic N) is 2. The Kier molecular flexibility index (Phi) is 7.66. The molecule has 2 fully saturated rings. The maximum atomic E-state index is 12.3. The summed E-state index contributed by atoms with van der Waals surface area (Å²) in [6.45, 7) is 3.79. The van der Waals surface area contributed by atoms with E-state index in [0.29, 0.717) is 30.4 Å². The van der Waals surface area contributed by atoms with Gasteiger partial charge in [-0.3, -0.25) is 9.69 Å². The first-order valence-corrected chi connectivity index (χ1v) is 12.0. The first kappa shape index (κ1) is 24.1. The van der Waals surface area contributed by atoms with Crippen LogP contribution < -0.4 is 15.5 Å². The fraction of sp³-hybridized carbons (Fsp3) is 0.458. The number of rotatable bonds is 6. The van der Waals surface area contributed by atoms with Gasteiger partial charge in [-0.1, -0.05) is 35.3 Å². The second-order valence-corrected chi connectivity index (χ2v) is 9.67. The number of aliphatic hydroxyl groups is 1. The molecule has 33 heavy (non-hydrogen) atoms. The van der Waals surface area contributed by atoms with Crippen LogP contribution >= 0.6 is 23.2 Å². The van der Waals surface area contributed by atoms with Crippen molar-refractivity contribution in [3.05, 3.63) is 57.6 Å². The van der Waals surface area contributed by atoms with Crippen LogP contribution in [0.2, 0.25) is 10.0 Å². The lowest BCUT2D eigenvalue weighted by Gasteiger charge is -2.34. The smallest absolute Gasteiger partial charge is 0.253 e. The number of aromatic hydroxyl groups is 1. The number of β-amino-alcohol motifs (C(OH)–C–C–N with tert-alkyl or cyclic N) is 1. The highest BCUT2D eigenvalue weighted by atomic mass is 35.5. The third-order valence-electron chi connectivity index (χ3n) is 6.52. The second-order valence-electron chi connectivity index (χ2n) is 8.82. The first-order valence-electron chi connectivity index (χ1n) is 11.2. The van der Waals surface area contributed by atoms with Crippen molar-refractivity contribution in [2.24, 2.45) is 0 Å². The highest BCUT2D eigenvalue weighted by Crippen LogP contribution is 2.34. The maximum absolute atomic E-state index is 12.3. The molecule has 0 radical (unpaired) electrons. The molecule has 9 heteroatoms. The summed E-state index contributed by atoms with van der Waals surface area (Å²) in [5.41, 5.74) is 2.20. The standard InChI is InChI=1S/C24H30Cl2N4O3/c1-27-24(33)18-10-19(26)22(31)11-21(18)30-13-20(23(32)14-30)28-17-6-8-29(9-7-17)12-15-2-4-16(25)5-3-15/h2-5,10-11,17,20,23,28,31-32H,6-9,12-14H2,1H3,(H,27,33)/t20?,23-/m1/s1. The van der Waals surface area contributed by atoms with Crippen molar-refractivity contribution in [1.29, 1.82) is 0 Å². The third kappa shape index (κ3) is 5.73. The molecular weight excluding hydrogens is 463 g/mol. The van der Waals surface area contributed by atoms with E-state index in [0.717, 1.165) is 37.5 Å². The Morgan fingerprint density at radius 2 is 1.82 bits per heavy atom. The van der Waals surface area contributed by atoms with Crippen molar-refractivity contribution in [1.82, 2.24) is 15.5 Å². The summed E-state index contributed by atoms with van der Waals surface area (Å²) in [6, 6.07) is 11.2. The number of anilines is 1. The molecule has 0 aliphatic carbocycles. The maximum Gasteiger partial charge on any atom is 0.253 e. The van der Waals surface area contributed by atoms with Crippen LogP contribution in [-0.4, -0.2) is 72.4 Å². The molecule has 0 aromatic heterocycles. The third-order valence-corrected chi connectivity index (χ3v) is 7.08. The van der Waals surface area contributed by atoms with E-state index in [1.807, 2.05) is 17.0 Å². The van der Waals surface area contributed by atoms with E-state index in [1.54, 1.807) is 7.05 Å². The quantitative estimate of drug-likeness (QED) is 0.495. The Morgan fingerprint density at radius 1 is 1.12 bits per heavy atom. The van der Waals surface area contributed by atoms with E-state index in [2.05, 4.69) is 27.7 Å². The molecule has 0 bridgehead atoms. The molecule has 7 nitrogen and oxygen atoms in total. The van der Waals surface area contributed by atoms with Crippen LogP contribution in [0.4, 0.5) is 5.69 Å². The van der Waals surface area contributed by atoms with Gasteiger partial charge in [0.2, 0.25) is 0 Å². The van der Waals surface area contributed by atoms with Crippen LogP contribution in [0.5, 0.6) is 5.75 Å². The lowest BCUT2D eigenvalue weighted by Crippen LogP contribution is -2.49. The minimum Gasteiger partial charge on any atom is -0.506 e. The van der Waals surface area contributed by atoms with Gasteiger partial charge >= 0.3 is 0 Å². The monoisotopic (exact) mass is 492 g/mol. The Balaban J connectivity index is 1.34. The van der Waals surface area contributed by atoms with Crippen molar-refractivity contribution in [2.45, 2.75) is 37.6 Å². The van der Waals surface area contributed by atoms with Gasteiger partial charge in [-0.05, 0) is 49.7 Å². The lowest BCUT2D eigenvalue weighted by atomic mass is 10.0. The summed E-state index contributed by atoms with van der Waals surface area (Å²) in [7, 11) is 1.55. The van der Waals surface area contributed by atoms with Gasteiger partial charge in [-0.25, -0.2) is 0 Å². The van der Waals surface area contributed by atoms with Crippen molar-refractivity contribution >= 4 is 34.8 Å². The number of hydrogen-bond acceptors (Lipinski definition) is 6. The Hall–Kier alpha value is -2.03. The van der Waals surface area contributed by atoms with Crippen molar-refractivity contribution in [3.63, 3.8) is 0 Å². The van der Waals surface area contributed by atoms with Gasteiger partial charge in [0.25, 0.3) is 5.91 Å². The van der Waals surface area contributed by atoms with Crippen LogP contribution in [-0.2, 0) is 6.54 Å². The van der Waals surface area contributed by atoms with Crippen LogP contribution in [0.3, 0.4) is 0 Å². The number of benzene rings is 2. The number of phenolic OH excluding ortho intramolecular Hbond substituents is 1. The number of hydrogen-bond donors (Lipinski definition) is 4. The predicted octanol–water partition coefficient (Wildman–Crippen LogP) is 2.86.